The fourth-order valence-corrected chi connectivity index (χ4v) is 1.55. The first-order valence-corrected chi connectivity index (χ1v) is 5.32. The summed E-state index contributed by atoms with van der Waals surface area (Å²) in [7, 11) is 1.10. The molecule has 1 heterocycles. The fourth-order valence-electron chi connectivity index (χ4n) is 1.03. The Bertz CT molecular complexity index is 406. The van der Waals surface area contributed by atoms with E-state index in [1.165, 1.54) is 0 Å². The molecule has 0 saturated heterocycles. The number of hydrogen-bond acceptors (Lipinski definition) is 4. The van der Waals surface area contributed by atoms with Crippen LogP contribution in [-0.2, 0) is 10.9 Å². The molecular formula is C9H8F3NO2S. The zero-order chi connectivity index (χ0) is 12.3. The van der Waals surface area contributed by atoms with Gasteiger partial charge in [-0.3, -0.25) is 0 Å². The molecule has 0 saturated carbocycles. The molecule has 0 unspecified atom stereocenters. The molecule has 0 aliphatic rings. The Morgan fingerprint density at radius 3 is 2.56 bits per heavy atom. The van der Waals surface area contributed by atoms with Crippen molar-refractivity contribution in [2.75, 3.05) is 13.4 Å². The Morgan fingerprint density at radius 1 is 1.50 bits per heavy atom. The van der Waals surface area contributed by atoms with Crippen LogP contribution in [0, 0.1) is 0 Å². The molecule has 0 aliphatic carbocycles. The Balaban J connectivity index is 3.27. The predicted octanol–water partition coefficient (Wildman–Crippen LogP) is 2.61. The molecule has 7 heteroatoms. The lowest BCUT2D eigenvalue weighted by Crippen LogP contribution is -2.11. The number of thioether (sulfide) groups is 1. The van der Waals surface area contributed by atoms with Crippen molar-refractivity contribution in [2.45, 2.75) is 11.2 Å². The number of hydrogen-bond donors (Lipinski definition) is 0. The molecule has 16 heavy (non-hydrogen) atoms. The number of pyridine rings is 1. The molecule has 0 amide bonds. The molecule has 1 rings (SSSR count). The van der Waals surface area contributed by atoms with Crippen molar-refractivity contribution < 1.29 is 22.7 Å². The maximum Gasteiger partial charge on any atom is 0.417 e. The first-order chi connectivity index (χ1) is 7.40. The molecule has 0 aliphatic heterocycles. The molecular weight excluding hydrogens is 243 g/mol. The van der Waals surface area contributed by atoms with Crippen LogP contribution in [-0.4, -0.2) is 24.3 Å². The van der Waals surface area contributed by atoms with Crippen molar-refractivity contribution in [1.29, 1.82) is 0 Å². The van der Waals surface area contributed by atoms with Crippen molar-refractivity contribution >= 4 is 17.7 Å². The third-order valence-electron chi connectivity index (χ3n) is 1.78. The van der Waals surface area contributed by atoms with E-state index in [4.69, 9.17) is 0 Å². The second-order valence-electron chi connectivity index (χ2n) is 2.77. The number of esters is 1. The summed E-state index contributed by atoms with van der Waals surface area (Å²) >= 11 is 1.08. The summed E-state index contributed by atoms with van der Waals surface area (Å²) < 4.78 is 41.5. The summed E-state index contributed by atoms with van der Waals surface area (Å²) in [5.41, 5.74) is -1.14. The van der Waals surface area contributed by atoms with Gasteiger partial charge in [0.15, 0.2) is 0 Å². The topological polar surface area (TPSA) is 39.2 Å². The summed E-state index contributed by atoms with van der Waals surface area (Å²) in [6, 6.07) is 0.741. The molecule has 0 spiro atoms. The largest absolute Gasteiger partial charge is 0.465 e. The van der Waals surface area contributed by atoms with E-state index < -0.39 is 17.7 Å². The van der Waals surface area contributed by atoms with Crippen molar-refractivity contribution in [3.8, 4) is 0 Å². The molecule has 0 atom stereocenters. The van der Waals surface area contributed by atoms with Gasteiger partial charge >= 0.3 is 12.1 Å². The monoisotopic (exact) mass is 251 g/mol. The maximum absolute atomic E-state index is 12.4. The summed E-state index contributed by atoms with van der Waals surface area (Å²) in [4.78, 5) is 14.8. The van der Waals surface area contributed by atoms with Crippen LogP contribution in [0.25, 0.3) is 0 Å². The van der Waals surface area contributed by atoms with Crippen LogP contribution in [0.3, 0.4) is 0 Å². The van der Waals surface area contributed by atoms with E-state index in [9.17, 15) is 18.0 Å². The van der Waals surface area contributed by atoms with E-state index in [2.05, 4.69) is 9.72 Å². The van der Waals surface area contributed by atoms with Crippen LogP contribution >= 0.6 is 11.8 Å². The lowest BCUT2D eigenvalue weighted by atomic mass is 10.2. The Hall–Kier alpha value is -1.24. The second kappa shape index (κ2) is 4.73. The number of carbonyl (C=O) groups is 1. The number of methoxy groups -OCH3 is 1. The van der Waals surface area contributed by atoms with E-state index in [1.807, 2.05) is 0 Å². The van der Waals surface area contributed by atoms with Crippen LogP contribution < -0.4 is 0 Å². The minimum absolute atomic E-state index is 0.176. The molecule has 0 radical (unpaired) electrons. The molecule has 1 aromatic heterocycles. The van der Waals surface area contributed by atoms with Crippen molar-refractivity contribution in [3.63, 3.8) is 0 Å². The van der Waals surface area contributed by atoms with Gasteiger partial charge < -0.3 is 4.74 Å². The number of aromatic nitrogens is 1. The van der Waals surface area contributed by atoms with Gasteiger partial charge in [-0.1, -0.05) is 0 Å². The Morgan fingerprint density at radius 2 is 2.12 bits per heavy atom. The molecule has 3 nitrogen and oxygen atoms in total. The van der Waals surface area contributed by atoms with Crippen LogP contribution in [0.15, 0.2) is 17.3 Å². The number of rotatable bonds is 2. The summed E-state index contributed by atoms with van der Waals surface area (Å²) in [6.45, 7) is 0. The SMILES string of the molecule is COC(=O)c1cc(C(F)(F)F)cnc1SC. The highest BCUT2D eigenvalue weighted by atomic mass is 32.2. The maximum atomic E-state index is 12.4. The van der Waals surface area contributed by atoms with E-state index in [0.29, 0.717) is 6.20 Å². The van der Waals surface area contributed by atoms with E-state index in [1.54, 1.807) is 6.26 Å². The fraction of sp³-hybridized carbons (Fsp3) is 0.333. The lowest BCUT2D eigenvalue weighted by molar-refractivity contribution is -0.137. The van der Waals surface area contributed by atoms with Crippen LogP contribution in [0.5, 0.6) is 0 Å². The molecule has 1 aromatic rings. The third kappa shape index (κ3) is 2.66. The average molecular weight is 251 g/mol. The summed E-state index contributed by atoms with van der Waals surface area (Å²) in [6.07, 6.45) is -2.22. The van der Waals surface area contributed by atoms with Gasteiger partial charge in [0.05, 0.1) is 18.2 Å². The van der Waals surface area contributed by atoms with Crippen LogP contribution in [0.1, 0.15) is 15.9 Å². The lowest BCUT2D eigenvalue weighted by Gasteiger charge is -2.09. The van der Waals surface area contributed by atoms with Gasteiger partial charge in [0.2, 0.25) is 0 Å². The smallest absolute Gasteiger partial charge is 0.417 e. The highest BCUT2D eigenvalue weighted by molar-refractivity contribution is 7.98. The number of carbonyl (C=O) groups excluding carboxylic acids is 1. The third-order valence-corrected chi connectivity index (χ3v) is 2.49. The van der Waals surface area contributed by atoms with Gasteiger partial charge in [-0.05, 0) is 12.3 Å². The van der Waals surface area contributed by atoms with Gasteiger partial charge in [0, 0.05) is 6.20 Å². The van der Waals surface area contributed by atoms with Crippen LogP contribution in [0.2, 0.25) is 0 Å². The minimum atomic E-state index is -4.52. The van der Waals surface area contributed by atoms with Gasteiger partial charge in [-0.2, -0.15) is 13.2 Å². The number of alkyl halides is 3. The molecule has 0 aromatic carbocycles. The van der Waals surface area contributed by atoms with E-state index in [0.717, 1.165) is 24.9 Å². The normalized spacial score (nSPS) is 11.3. The van der Waals surface area contributed by atoms with Gasteiger partial charge in [0.25, 0.3) is 0 Å². The first kappa shape index (κ1) is 12.8. The zero-order valence-corrected chi connectivity index (χ0v) is 9.28. The predicted molar refractivity (Wildman–Crippen MR) is 52.4 cm³/mol. The number of nitrogens with zero attached hydrogens (tertiary/aromatic N) is 1. The van der Waals surface area contributed by atoms with Gasteiger partial charge in [0.1, 0.15) is 5.03 Å². The number of halogens is 3. The standard InChI is InChI=1S/C9H8F3NO2S/c1-15-8(14)6-3-5(9(10,11)12)4-13-7(6)16-2/h3-4H,1-2H3. The van der Waals surface area contributed by atoms with Crippen molar-refractivity contribution in [1.82, 2.24) is 4.98 Å². The highest BCUT2D eigenvalue weighted by Gasteiger charge is 2.32. The van der Waals surface area contributed by atoms with E-state index in [-0.39, 0.29) is 10.6 Å². The molecule has 0 bridgehead atoms. The van der Waals surface area contributed by atoms with Crippen molar-refractivity contribution in [2.24, 2.45) is 0 Å². The molecule has 88 valence electrons. The van der Waals surface area contributed by atoms with Gasteiger partial charge in [-0.25, -0.2) is 9.78 Å². The van der Waals surface area contributed by atoms with Crippen LogP contribution in [0.4, 0.5) is 13.2 Å². The summed E-state index contributed by atoms with van der Waals surface area (Å²) in [5, 5.41) is 0.208. The van der Waals surface area contributed by atoms with E-state index >= 15 is 0 Å². The quantitative estimate of drug-likeness (QED) is 0.598. The Kier molecular flexibility index (Phi) is 3.79. The molecule has 0 fully saturated rings. The average Bonchev–Trinajstić information content (AvgIpc) is 2.25. The second-order valence-corrected chi connectivity index (χ2v) is 3.57. The Labute approximate surface area is 94.0 Å². The molecule has 0 N–H and O–H groups in total. The van der Waals surface area contributed by atoms with Crippen molar-refractivity contribution in [3.05, 3.63) is 23.4 Å². The first-order valence-electron chi connectivity index (χ1n) is 4.09. The minimum Gasteiger partial charge on any atom is -0.465 e. The number of ether oxygens (including phenoxy) is 1. The highest BCUT2D eigenvalue weighted by Crippen LogP contribution is 2.31. The van der Waals surface area contributed by atoms with Gasteiger partial charge in [-0.15, -0.1) is 11.8 Å². The summed E-state index contributed by atoms with van der Waals surface area (Å²) in [5.74, 6) is -0.831. The zero-order valence-electron chi connectivity index (χ0n) is 8.46.